The van der Waals surface area contributed by atoms with Crippen molar-refractivity contribution in [3.63, 3.8) is 0 Å². The first-order chi connectivity index (χ1) is 16.5. The molecule has 2 saturated heterocycles. The van der Waals surface area contributed by atoms with E-state index in [2.05, 4.69) is 10.6 Å². The number of amides is 2. The van der Waals surface area contributed by atoms with E-state index in [0.29, 0.717) is 11.1 Å². The number of fused-ring (bicyclic) bond motifs is 1. The maximum absolute atomic E-state index is 13.5. The lowest BCUT2D eigenvalue weighted by Crippen LogP contribution is -2.77. The molecule has 4 atom stereocenters. The van der Waals surface area contributed by atoms with Crippen LogP contribution in [0.3, 0.4) is 0 Å². The van der Waals surface area contributed by atoms with E-state index in [-0.39, 0.29) is 22.4 Å². The standard InChI is InChI=1S/C20H27N3O5S/c1-10-9-11(7-8-12(10)24)19(4,21-6)17(28)22-13-15(25)23-14(16(26)27)18(2,3)29-20(13,23)5/h7-9,13-14,21,24H,1-6H3,(H,22,28)(H,26,27)/t13-,14+,19-,20-/m1/s1/i2D3,3D3,13D,14D. The van der Waals surface area contributed by atoms with E-state index >= 15 is 0 Å². The lowest BCUT2D eigenvalue weighted by molar-refractivity contribution is -0.167. The highest BCUT2D eigenvalue weighted by atomic mass is 32.2. The number of carbonyl (C=O) groups excluding carboxylic acids is 2. The molecule has 3 rings (SSSR count). The van der Waals surface area contributed by atoms with Crippen LogP contribution in [0.5, 0.6) is 5.75 Å². The second kappa shape index (κ2) is 6.63. The predicted octanol–water partition coefficient (Wildman–Crippen LogP) is 1.16. The molecule has 0 aliphatic carbocycles. The first-order valence-electron chi connectivity index (χ1n) is 12.6. The second-order valence-electron chi connectivity index (χ2n) is 7.27. The maximum Gasteiger partial charge on any atom is 0.327 e. The quantitative estimate of drug-likeness (QED) is 0.519. The molecule has 0 saturated carbocycles. The molecule has 0 aromatic heterocycles. The summed E-state index contributed by atoms with van der Waals surface area (Å²) in [5.74, 6) is -4.62. The number of carbonyl (C=O) groups is 3. The number of likely N-dealkylation sites (N-methyl/N-ethyl adjacent to an activating group) is 1. The number of rotatable bonds is 5. The van der Waals surface area contributed by atoms with Gasteiger partial charge in [0.05, 0.1) is 2.74 Å². The van der Waals surface area contributed by atoms with Gasteiger partial charge in [-0.2, -0.15) is 0 Å². The molecule has 0 bridgehead atoms. The zero-order valence-electron chi connectivity index (χ0n) is 24.2. The molecule has 1 aromatic rings. The zero-order valence-corrected chi connectivity index (χ0v) is 17.0. The molecule has 0 radical (unpaired) electrons. The van der Waals surface area contributed by atoms with E-state index in [0.717, 1.165) is 6.92 Å². The average molecular weight is 430 g/mol. The third-order valence-electron chi connectivity index (χ3n) is 5.39. The van der Waals surface area contributed by atoms with Crippen molar-refractivity contribution >= 4 is 29.5 Å². The average Bonchev–Trinajstić information content (AvgIpc) is 2.99. The molecular weight excluding hydrogens is 394 g/mol. The number of thioether (sulfide) groups is 1. The summed E-state index contributed by atoms with van der Waals surface area (Å²) < 4.78 is 61.8. The number of phenolic OH excluding ortho intramolecular Hbond substituents is 1. The second-order valence-corrected chi connectivity index (χ2v) is 8.88. The zero-order chi connectivity index (χ0) is 28.8. The van der Waals surface area contributed by atoms with Crippen LogP contribution in [-0.4, -0.2) is 61.6 Å². The van der Waals surface area contributed by atoms with Crippen molar-refractivity contribution in [2.24, 2.45) is 0 Å². The number of hydrogen-bond donors (Lipinski definition) is 4. The molecule has 2 aliphatic heterocycles. The fraction of sp³-hybridized carbons (Fsp3) is 0.550. The Morgan fingerprint density at radius 2 is 2.07 bits per heavy atom. The van der Waals surface area contributed by atoms with Crippen molar-refractivity contribution in [3.05, 3.63) is 29.3 Å². The van der Waals surface area contributed by atoms with Gasteiger partial charge in [0.25, 0.3) is 5.91 Å². The number of aliphatic carboxylic acids is 1. The monoisotopic (exact) mass is 429 g/mol. The van der Waals surface area contributed by atoms with Gasteiger partial charge in [0.2, 0.25) is 5.91 Å². The van der Waals surface area contributed by atoms with Crippen LogP contribution in [0.1, 0.15) is 49.6 Å². The Balaban J connectivity index is 2.15. The summed E-state index contributed by atoms with van der Waals surface area (Å²) in [5, 5.41) is 24.8. The number of nitrogens with one attached hydrogen (secondary N) is 2. The number of hydrogen-bond acceptors (Lipinski definition) is 6. The number of phenols is 1. The van der Waals surface area contributed by atoms with Gasteiger partial charge in [0.15, 0.2) is 0 Å². The van der Waals surface area contributed by atoms with Crippen LogP contribution in [0.15, 0.2) is 18.2 Å². The number of β-lactam (4-membered cyclic amide) rings is 1. The summed E-state index contributed by atoms with van der Waals surface area (Å²) in [6.07, 6.45) is 0. The fourth-order valence-electron chi connectivity index (χ4n) is 3.49. The molecule has 0 spiro atoms. The topological polar surface area (TPSA) is 119 Å². The molecule has 29 heavy (non-hydrogen) atoms. The minimum Gasteiger partial charge on any atom is -0.508 e. The van der Waals surface area contributed by atoms with E-state index in [1.807, 2.05) is 0 Å². The highest BCUT2D eigenvalue weighted by molar-refractivity contribution is 8.02. The van der Waals surface area contributed by atoms with Crippen LogP contribution in [0, 0.1) is 6.92 Å². The van der Waals surface area contributed by atoms with Gasteiger partial charge in [-0.25, -0.2) is 4.79 Å². The van der Waals surface area contributed by atoms with Crippen LogP contribution < -0.4 is 10.6 Å². The van der Waals surface area contributed by atoms with Gasteiger partial charge in [0, 0.05) is 13.0 Å². The molecule has 4 N–H and O–H groups in total. The molecule has 9 heteroatoms. The van der Waals surface area contributed by atoms with Crippen molar-refractivity contribution in [2.75, 3.05) is 7.05 Å². The normalized spacial score (nSPS) is 39.6. The number of aryl methyl sites for hydroxylation is 1. The number of aromatic hydroxyl groups is 1. The lowest BCUT2D eigenvalue weighted by Gasteiger charge is -2.52. The highest BCUT2D eigenvalue weighted by Crippen LogP contribution is 2.58. The molecule has 1 aromatic carbocycles. The van der Waals surface area contributed by atoms with Crippen LogP contribution in [0.2, 0.25) is 0 Å². The Morgan fingerprint density at radius 1 is 1.41 bits per heavy atom. The number of carboxylic acids is 1. The predicted molar refractivity (Wildman–Crippen MR) is 110 cm³/mol. The van der Waals surface area contributed by atoms with Crippen LogP contribution in [0.25, 0.3) is 0 Å². The van der Waals surface area contributed by atoms with Crippen LogP contribution in [-0.2, 0) is 19.9 Å². The molecule has 2 heterocycles. The number of carboxylic acid groups (broad SMARTS) is 1. The summed E-state index contributed by atoms with van der Waals surface area (Å²) in [6.45, 7) is -3.14. The van der Waals surface area contributed by atoms with Gasteiger partial charge in [-0.15, -0.1) is 11.8 Å². The minimum atomic E-state index is -3.60. The van der Waals surface area contributed by atoms with E-state index in [1.54, 1.807) is 6.92 Å². The van der Waals surface area contributed by atoms with Crippen molar-refractivity contribution in [1.29, 1.82) is 0 Å². The maximum atomic E-state index is 13.5. The van der Waals surface area contributed by atoms with Crippen LogP contribution >= 0.6 is 11.8 Å². The van der Waals surface area contributed by atoms with Gasteiger partial charge >= 0.3 is 5.97 Å². The highest BCUT2D eigenvalue weighted by Gasteiger charge is 2.71. The van der Waals surface area contributed by atoms with Crippen molar-refractivity contribution in [1.82, 2.24) is 15.5 Å². The number of benzene rings is 1. The van der Waals surface area contributed by atoms with E-state index in [1.165, 1.54) is 32.2 Å². The first kappa shape index (κ1) is 13.1. The Morgan fingerprint density at radius 3 is 2.59 bits per heavy atom. The molecule has 158 valence electrons. The molecule has 8 nitrogen and oxygen atoms in total. The SMILES string of the molecule is [2H]C([2H])([2H])C1(C([2H])([2H])[2H])S[C@@]2(C)N(C(=O)[C@@]2([2H])NC(=O)[C@](C)(NC)c2ccc(O)c(C)c2)[C@@]1([2H])C(=O)O. The smallest absolute Gasteiger partial charge is 0.327 e. The fourth-order valence-corrected chi connectivity index (χ4v) is 4.87. The van der Waals surface area contributed by atoms with Gasteiger partial charge < -0.3 is 25.7 Å². The van der Waals surface area contributed by atoms with E-state index in [9.17, 15) is 24.6 Å². The molecular formula is C20H27N3O5S. The third kappa shape index (κ3) is 2.98. The Kier molecular flexibility index (Phi) is 3.00. The Labute approximate surface area is 185 Å². The van der Waals surface area contributed by atoms with Gasteiger partial charge in [-0.05, 0) is 58.7 Å². The van der Waals surface area contributed by atoms with E-state index < -0.39 is 58.7 Å². The molecule has 2 fully saturated rings. The van der Waals surface area contributed by atoms with Crippen molar-refractivity contribution in [3.8, 4) is 5.75 Å². The Hall–Kier alpha value is -2.26. The van der Waals surface area contributed by atoms with Crippen molar-refractivity contribution < 1.29 is 35.6 Å². The molecule has 2 amide bonds. The summed E-state index contributed by atoms with van der Waals surface area (Å²) in [6, 6.07) is -1.97. The van der Waals surface area contributed by atoms with Gasteiger partial charge in [-0.3, -0.25) is 9.59 Å². The molecule has 2 aliphatic rings. The third-order valence-corrected chi connectivity index (χ3v) is 6.67. The lowest BCUT2D eigenvalue weighted by atomic mass is 9.86. The first-order valence-corrected chi connectivity index (χ1v) is 9.44. The summed E-state index contributed by atoms with van der Waals surface area (Å²) in [7, 11) is 1.42. The van der Waals surface area contributed by atoms with Crippen molar-refractivity contribution in [2.45, 2.75) is 61.7 Å². The summed E-state index contributed by atoms with van der Waals surface area (Å²) >= 11 is -0.0134. The van der Waals surface area contributed by atoms with Gasteiger partial charge in [0.1, 0.15) is 28.2 Å². The van der Waals surface area contributed by atoms with Gasteiger partial charge in [-0.1, -0.05) is 12.1 Å². The number of nitrogens with zero attached hydrogens (tertiary/aromatic N) is 1. The Bertz CT molecular complexity index is 1180. The summed E-state index contributed by atoms with van der Waals surface area (Å²) in [5.41, 5.74) is -0.834. The van der Waals surface area contributed by atoms with Crippen LogP contribution in [0.4, 0.5) is 0 Å². The molecule has 0 unspecified atom stereocenters. The van der Waals surface area contributed by atoms with E-state index in [4.69, 9.17) is 11.0 Å². The minimum absolute atomic E-state index is 0.0134. The summed E-state index contributed by atoms with van der Waals surface area (Å²) in [4.78, 5) is 37.1. The largest absolute Gasteiger partial charge is 0.508 e.